The highest BCUT2D eigenvalue weighted by Crippen LogP contribution is 2.19. The summed E-state index contributed by atoms with van der Waals surface area (Å²) in [6.45, 7) is 7.27. The zero-order chi connectivity index (χ0) is 11.3. The summed E-state index contributed by atoms with van der Waals surface area (Å²) in [4.78, 5) is 2.37. The molecule has 0 saturated heterocycles. The minimum atomic E-state index is 0.878. The quantitative estimate of drug-likeness (QED) is 0.744. The van der Waals surface area contributed by atoms with Gasteiger partial charge in [0.15, 0.2) is 0 Å². The Morgan fingerprint density at radius 1 is 1.40 bits per heavy atom. The van der Waals surface area contributed by atoms with Crippen molar-refractivity contribution in [2.24, 2.45) is 0 Å². The van der Waals surface area contributed by atoms with Gasteiger partial charge in [-0.3, -0.25) is 4.90 Å². The fourth-order valence-electron chi connectivity index (χ4n) is 1.49. The van der Waals surface area contributed by atoms with E-state index in [0.717, 1.165) is 30.0 Å². The van der Waals surface area contributed by atoms with Crippen molar-refractivity contribution < 1.29 is 0 Å². The van der Waals surface area contributed by atoms with Gasteiger partial charge in [0.1, 0.15) is 0 Å². The SMILES string of the molecule is CCN(CCBr)Cc1ccc(C)cc1Cl. The molecule has 0 N–H and O–H groups in total. The third-order valence-corrected chi connectivity index (χ3v) is 3.16. The van der Waals surface area contributed by atoms with Crippen molar-refractivity contribution >= 4 is 27.5 Å². The Labute approximate surface area is 106 Å². The minimum absolute atomic E-state index is 0.878. The van der Waals surface area contributed by atoms with Gasteiger partial charge in [-0.15, -0.1) is 0 Å². The van der Waals surface area contributed by atoms with Gasteiger partial charge >= 0.3 is 0 Å². The number of benzene rings is 1. The van der Waals surface area contributed by atoms with E-state index < -0.39 is 0 Å². The Balaban J connectivity index is 2.70. The fraction of sp³-hybridized carbons (Fsp3) is 0.500. The van der Waals surface area contributed by atoms with Crippen molar-refractivity contribution in [3.05, 3.63) is 34.3 Å². The summed E-state index contributed by atoms with van der Waals surface area (Å²) in [5, 5.41) is 1.88. The Bertz CT molecular complexity index is 314. The Hall–Kier alpha value is -0.0500. The molecule has 0 unspecified atom stereocenters. The van der Waals surface area contributed by atoms with Crippen molar-refractivity contribution in [2.75, 3.05) is 18.4 Å². The van der Waals surface area contributed by atoms with Crippen LogP contribution in [0.3, 0.4) is 0 Å². The first-order chi connectivity index (χ1) is 7.17. The zero-order valence-electron chi connectivity index (χ0n) is 9.26. The van der Waals surface area contributed by atoms with Gasteiger partial charge in [0.25, 0.3) is 0 Å². The number of hydrogen-bond donors (Lipinski definition) is 0. The van der Waals surface area contributed by atoms with Crippen LogP contribution in [0.15, 0.2) is 18.2 Å². The Kier molecular flexibility index (Phi) is 5.65. The smallest absolute Gasteiger partial charge is 0.0453 e. The molecule has 1 rings (SSSR count). The first kappa shape index (κ1) is 13.0. The molecule has 0 aliphatic carbocycles. The lowest BCUT2D eigenvalue weighted by atomic mass is 10.1. The van der Waals surface area contributed by atoms with Gasteiger partial charge < -0.3 is 0 Å². The highest BCUT2D eigenvalue weighted by Gasteiger charge is 2.06. The molecule has 0 aliphatic rings. The van der Waals surface area contributed by atoms with Crippen LogP contribution in [-0.2, 0) is 6.54 Å². The Morgan fingerprint density at radius 3 is 2.67 bits per heavy atom. The summed E-state index contributed by atoms with van der Waals surface area (Å²) in [7, 11) is 0. The fourth-order valence-corrected chi connectivity index (χ4v) is 2.29. The maximum atomic E-state index is 6.19. The molecule has 0 aromatic heterocycles. The molecule has 0 atom stereocenters. The maximum Gasteiger partial charge on any atom is 0.0453 e. The van der Waals surface area contributed by atoms with E-state index in [2.05, 4.69) is 46.8 Å². The first-order valence-electron chi connectivity index (χ1n) is 5.20. The van der Waals surface area contributed by atoms with E-state index in [1.54, 1.807) is 0 Å². The highest BCUT2D eigenvalue weighted by atomic mass is 79.9. The molecular formula is C12H17BrClN. The maximum absolute atomic E-state index is 6.19. The van der Waals surface area contributed by atoms with Gasteiger partial charge in [0, 0.05) is 23.4 Å². The lowest BCUT2D eigenvalue weighted by Gasteiger charge is -2.19. The van der Waals surface area contributed by atoms with Gasteiger partial charge in [-0.05, 0) is 30.7 Å². The van der Waals surface area contributed by atoms with Crippen LogP contribution in [0.2, 0.25) is 5.02 Å². The second kappa shape index (κ2) is 6.51. The molecule has 1 aromatic rings. The molecule has 1 aromatic carbocycles. The number of halogens is 2. The topological polar surface area (TPSA) is 3.24 Å². The highest BCUT2D eigenvalue weighted by molar-refractivity contribution is 9.09. The summed E-state index contributed by atoms with van der Waals surface area (Å²) in [6.07, 6.45) is 0. The average Bonchev–Trinajstić information content (AvgIpc) is 2.21. The molecule has 0 amide bonds. The number of rotatable bonds is 5. The van der Waals surface area contributed by atoms with Crippen molar-refractivity contribution in [2.45, 2.75) is 20.4 Å². The van der Waals surface area contributed by atoms with E-state index in [0.29, 0.717) is 0 Å². The van der Waals surface area contributed by atoms with Crippen LogP contribution in [0.4, 0.5) is 0 Å². The molecule has 1 nitrogen and oxygen atoms in total. The number of hydrogen-bond acceptors (Lipinski definition) is 1. The molecule has 15 heavy (non-hydrogen) atoms. The van der Waals surface area contributed by atoms with E-state index in [1.165, 1.54) is 11.1 Å². The number of aryl methyl sites for hydroxylation is 1. The molecule has 0 saturated carbocycles. The molecule has 0 radical (unpaired) electrons. The molecule has 0 heterocycles. The molecule has 0 fully saturated rings. The van der Waals surface area contributed by atoms with Crippen molar-refractivity contribution in [3.63, 3.8) is 0 Å². The predicted molar refractivity (Wildman–Crippen MR) is 70.9 cm³/mol. The standard InChI is InChI=1S/C12H17BrClN/c1-3-15(7-6-13)9-11-5-4-10(2)8-12(11)14/h4-5,8H,3,6-7,9H2,1-2H3. The van der Waals surface area contributed by atoms with Crippen LogP contribution in [0.5, 0.6) is 0 Å². The summed E-state index contributed by atoms with van der Waals surface area (Å²) in [5.74, 6) is 0. The molecule has 0 spiro atoms. The van der Waals surface area contributed by atoms with Gasteiger partial charge in [0.2, 0.25) is 0 Å². The molecule has 0 bridgehead atoms. The lowest BCUT2D eigenvalue weighted by Crippen LogP contribution is -2.24. The number of nitrogens with zero attached hydrogens (tertiary/aromatic N) is 1. The first-order valence-corrected chi connectivity index (χ1v) is 6.70. The zero-order valence-corrected chi connectivity index (χ0v) is 11.6. The van der Waals surface area contributed by atoms with Crippen molar-refractivity contribution in [1.82, 2.24) is 4.90 Å². The van der Waals surface area contributed by atoms with E-state index in [-0.39, 0.29) is 0 Å². The third kappa shape index (κ3) is 4.13. The van der Waals surface area contributed by atoms with E-state index in [9.17, 15) is 0 Å². The van der Waals surface area contributed by atoms with Crippen LogP contribution < -0.4 is 0 Å². The van der Waals surface area contributed by atoms with Crippen LogP contribution in [0, 0.1) is 6.92 Å². The summed E-state index contributed by atoms with van der Waals surface area (Å²) >= 11 is 9.65. The summed E-state index contributed by atoms with van der Waals surface area (Å²) in [6, 6.07) is 6.26. The normalized spacial score (nSPS) is 11.0. The second-order valence-corrected chi connectivity index (χ2v) is 4.85. The van der Waals surface area contributed by atoms with Gasteiger partial charge in [0.05, 0.1) is 0 Å². The lowest BCUT2D eigenvalue weighted by molar-refractivity contribution is 0.299. The molecule has 84 valence electrons. The monoisotopic (exact) mass is 289 g/mol. The van der Waals surface area contributed by atoms with Crippen LogP contribution >= 0.6 is 27.5 Å². The molecular weight excluding hydrogens is 273 g/mol. The van der Waals surface area contributed by atoms with Crippen molar-refractivity contribution in [1.29, 1.82) is 0 Å². The van der Waals surface area contributed by atoms with Crippen molar-refractivity contribution in [3.8, 4) is 0 Å². The van der Waals surface area contributed by atoms with Crippen LogP contribution in [0.1, 0.15) is 18.1 Å². The van der Waals surface area contributed by atoms with Crippen LogP contribution in [0.25, 0.3) is 0 Å². The van der Waals surface area contributed by atoms with Crippen LogP contribution in [-0.4, -0.2) is 23.3 Å². The minimum Gasteiger partial charge on any atom is -0.298 e. The summed E-state index contributed by atoms with van der Waals surface area (Å²) < 4.78 is 0. The van der Waals surface area contributed by atoms with Gasteiger partial charge in [-0.1, -0.05) is 46.6 Å². The van der Waals surface area contributed by atoms with E-state index in [1.807, 2.05) is 6.07 Å². The van der Waals surface area contributed by atoms with Gasteiger partial charge in [-0.25, -0.2) is 0 Å². The number of alkyl halides is 1. The molecule has 0 aliphatic heterocycles. The Morgan fingerprint density at radius 2 is 2.13 bits per heavy atom. The summed E-state index contributed by atoms with van der Waals surface area (Å²) in [5.41, 5.74) is 2.43. The largest absolute Gasteiger partial charge is 0.298 e. The van der Waals surface area contributed by atoms with E-state index in [4.69, 9.17) is 11.6 Å². The second-order valence-electron chi connectivity index (χ2n) is 3.65. The average molecular weight is 291 g/mol. The third-order valence-electron chi connectivity index (χ3n) is 2.45. The van der Waals surface area contributed by atoms with E-state index >= 15 is 0 Å². The van der Waals surface area contributed by atoms with Gasteiger partial charge in [-0.2, -0.15) is 0 Å². The predicted octanol–water partition coefficient (Wildman–Crippen LogP) is 3.87. The molecule has 3 heteroatoms.